The fourth-order valence-corrected chi connectivity index (χ4v) is 5.62. The number of methoxy groups -OCH3 is 1. The smallest absolute Gasteiger partial charge is 0.252 e. The second-order valence-corrected chi connectivity index (χ2v) is 10.8. The van der Waals surface area contributed by atoms with Crippen molar-refractivity contribution < 1.29 is 4.74 Å². The number of aryl methyl sites for hydroxylation is 2. The molecule has 5 rings (SSSR count). The topological polar surface area (TPSA) is 88.9 Å². The summed E-state index contributed by atoms with van der Waals surface area (Å²) in [5.74, 6) is 1.73. The Bertz CT molecular complexity index is 1530. The molecular formula is C29H32N6O2S. The van der Waals surface area contributed by atoms with Gasteiger partial charge in [-0.25, -0.2) is 4.68 Å². The van der Waals surface area contributed by atoms with Crippen LogP contribution in [0.1, 0.15) is 41.7 Å². The van der Waals surface area contributed by atoms with E-state index in [9.17, 15) is 4.79 Å². The van der Waals surface area contributed by atoms with Gasteiger partial charge in [0.05, 0.1) is 18.7 Å². The molecule has 2 aromatic carbocycles. The molecule has 0 radical (unpaired) electrons. The molecule has 0 aliphatic heterocycles. The first-order chi connectivity index (χ1) is 18.5. The van der Waals surface area contributed by atoms with Crippen molar-refractivity contribution in [1.29, 1.82) is 0 Å². The van der Waals surface area contributed by atoms with E-state index in [4.69, 9.17) is 4.74 Å². The number of fused-ring (bicyclic) bond motifs is 1. The maximum Gasteiger partial charge on any atom is 0.252 e. The molecular weight excluding hydrogens is 496 g/mol. The molecule has 0 spiro atoms. The van der Waals surface area contributed by atoms with Gasteiger partial charge in [-0.05, 0) is 63.4 Å². The monoisotopic (exact) mass is 528 g/mol. The average Bonchev–Trinajstić information content (AvgIpc) is 3.60. The third-order valence-corrected chi connectivity index (χ3v) is 7.61. The Labute approximate surface area is 225 Å². The number of rotatable bonds is 11. The van der Waals surface area contributed by atoms with Crippen LogP contribution < -0.4 is 10.3 Å². The zero-order chi connectivity index (χ0) is 26.5. The highest BCUT2D eigenvalue weighted by molar-refractivity contribution is 7.09. The standard InChI is InChI=1S/C29H32N6O2S/c1-20(2)27(28-31-32-33-35(28)14-13-21-8-5-4-6-9-21)34(19-25-10-7-15-38-25)18-23-16-22-11-12-24(37-3)17-26(22)30-29(23)36/h4-12,15-17,20,27H,13-14,18-19H2,1-3H3,(H,30,36)/t27-/m1/s1. The SMILES string of the molecule is COc1ccc2cc(CN(Cc3cccs3)[C@@H](c3nnnn3CCc3ccccc3)C(C)C)c(=O)[nH]c2c1. The molecule has 0 fully saturated rings. The van der Waals surface area contributed by atoms with E-state index in [1.807, 2.05) is 47.1 Å². The number of H-pyrrole nitrogens is 1. The Morgan fingerprint density at radius 1 is 1.05 bits per heavy atom. The van der Waals surface area contributed by atoms with Crippen LogP contribution in [-0.4, -0.2) is 37.2 Å². The summed E-state index contributed by atoms with van der Waals surface area (Å²) in [4.78, 5) is 19.8. The maximum absolute atomic E-state index is 13.2. The summed E-state index contributed by atoms with van der Waals surface area (Å²) in [5.41, 5.74) is 2.60. The first-order valence-electron chi connectivity index (χ1n) is 12.8. The van der Waals surface area contributed by atoms with Gasteiger partial charge >= 0.3 is 0 Å². The second kappa shape index (κ2) is 11.7. The van der Waals surface area contributed by atoms with Gasteiger partial charge in [-0.1, -0.05) is 50.2 Å². The molecule has 1 N–H and O–H groups in total. The summed E-state index contributed by atoms with van der Waals surface area (Å²) >= 11 is 1.71. The number of aromatic nitrogens is 5. The number of nitrogens with zero attached hydrogens (tertiary/aromatic N) is 5. The molecule has 0 aliphatic rings. The van der Waals surface area contributed by atoms with Gasteiger partial charge in [-0.15, -0.1) is 16.4 Å². The lowest BCUT2D eigenvalue weighted by atomic mass is 10.00. The van der Waals surface area contributed by atoms with Crippen molar-refractivity contribution in [2.24, 2.45) is 5.92 Å². The molecule has 0 aliphatic carbocycles. The van der Waals surface area contributed by atoms with Gasteiger partial charge in [0.1, 0.15) is 5.75 Å². The first kappa shape index (κ1) is 25.8. The highest BCUT2D eigenvalue weighted by Crippen LogP contribution is 2.31. The minimum Gasteiger partial charge on any atom is -0.497 e. The molecule has 0 amide bonds. The zero-order valence-electron chi connectivity index (χ0n) is 21.9. The van der Waals surface area contributed by atoms with Crippen LogP contribution in [0, 0.1) is 5.92 Å². The molecule has 3 heterocycles. The predicted octanol–water partition coefficient (Wildman–Crippen LogP) is 5.23. The van der Waals surface area contributed by atoms with Crippen LogP contribution in [0.2, 0.25) is 0 Å². The van der Waals surface area contributed by atoms with Crippen molar-refractivity contribution in [2.75, 3.05) is 7.11 Å². The number of pyridine rings is 1. The number of hydrogen-bond acceptors (Lipinski definition) is 7. The Balaban J connectivity index is 1.48. The molecule has 9 heteroatoms. The van der Waals surface area contributed by atoms with E-state index in [0.29, 0.717) is 30.9 Å². The van der Waals surface area contributed by atoms with Gasteiger partial charge in [0.25, 0.3) is 5.56 Å². The van der Waals surface area contributed by atoms with Gasteiger partial charge < -0.3 is 9.72 Å². The fourth-order valence-electron chi connectivity index (χ4n) is 4.89. The van der Waals surface area contributed by atoms with Crippen LogP contribution >= 0.6 is 11.3 Å². The fraction of sp³-hybridized carbons (Fsp3) is 0.310. The van der Waals surface area contributed by atoms with E-state index in [2.05, 4.69) is 68.9 Å². The van der Waals surface area contributed by atoms with Gasteiger partial charge in [0, 0.05) is 36.1 Å². The van der Waals surface area contributed by atoms with E-state index < -0.39 is 0 Å². The second-order valence-electron chi connectivity index (χ2n) is 9.75. The highest BCUT2D eigenvalue weighted by Gasteiger charge is 2.30. The lowest BCUT2D eigenvalue weighted by Gasteiger charge is -2.33. The summed E-state index contributed by atoms with van der Waals surface area (Å²) in [5, 5.41) is 15.9. The van der Waals surface area contributed by atoms with Crippen LogP contribution in [0.15, 0.2) is 76.9 Å². The van der Waals surface area contributed by atoms with Crippen LogP contribution in [-0.2, 0) is 26.1 Å². The van der Waals surface area contributed by atoms with Crippen molar-refractivity contribution in [1.82, 2.24) is 30.1 Å². The number of tetrazole rings is 1. The molecule has 8 nitrogen and oxygen atoms in total. The highest BCUT2D eigenvalue weighted by atomic mass is 32.1. The minimum absolute atomic E-state index is 0.0890. The Hall–Kier alpha value is -3.82. The molecule has 0 bridgehead atoms. The lowest BCUT2D eigenvalue weighted by Crippen LogP contribution is -2.35. The molecule has 0 saturated heterocycles. The molecule has 38 heavy (non-hydrogen) atoms. The molecule has 196 valence electrons. The average molecular weight is 529 g/mol. The lowest BCUT2D eigenvalue weighted by molar-refractivity contribution is 0.127. The number of ether oxygens (including phenoxy) is 1. The molecule has 0 unspecified atom stereocenters. The third kappa shape index (κ3) is 5.84. The maximum atomic E-state index is 13.2. The van der Waals surface area contributed by atoms with Crippen molar-refractivity contribution in [3.63, 3.8) is 0 Å². The van der Waals surface area contributed by atoms with E-state index in [1.54, 1.807) is 18.4 Å². The Morgan fingerprint density at radius 2 is 1.89 bits per heavy atom. The molecule has 1 atom stereocenters. The molecule has 3 aromatic heterocycles. The van der Waals surface area contributed by atoms with Gasteiger partial charge in [0.15, 0.2) is 5.82 Å². The van der Waals surface area contributed by atoms with Crippen molar-refractivity contribution in [3.8, 4) is 5.75 Å². The summed E-state index contributed by atoms with van der Waals surface area (Å²) in [6, 6.07) is 22.2. The minimum atomic E-state index is -0.104. The van der Waals surface area contributed by atoms with E-state index in [0.717, 1.165) is 23.1 Å². The first-order valence-corrected chi connectivity index (χ1v) is 13.7. The quantitative estimate of drug-likeness (QED) is 0.253. The normalized spacial score (nSPS) is 12.4. The predicted molar refractivity (Wildman–Crippen MR) is 150 cm³/mol. The Kier molecular flexibility index (Phi) is 7.95. The third-order valence-electron chi connectivity index (χ3n) is 6.75. The summed E-state index contributed by atoms with van der Waals surface area (Å²) in [7, 11) is 1.62. The number of nitrogens with one attached hydrogen (secondary N) is 1. The van der Waals surface area contributed by atoms with Crippen molar-refractivity contribution in [2.45, 2.75) is 45.9 Å². The number of thiophene rings is 1. The van der Waals surface area contributed by atoms with Crippen LogP contribution in [0.3, 0.4) is 0 Å². The van der Waals surface area contributed by atoms with Crippen LogP contribution in [0.4, 0.5) is 0 Å². The van der Waals surface area contributed by atoms with E-state index >= 15 is 0 Å². The largest absolute Gasteiger partial charge is 0.497 e. The van der Waals surface area contributed by atoms with Crippen molar-refractivity contribution in [3.05, 3.63) is 104 Å². The molecule has 0 saturated carbocycles. The van der Waals surface area contributed by atoms with Crippen LogP contribution in [0.5, 0.6) is 5.75 Å². The van der Waals surface area contributed by atoms with Crippen LogP contribution in [0.25, 0.3) is 10.9 Å². The van der Waals surface area contributed by atoms with Gasteiger partial charge in [0.2, 0.25) is 0 Å². The summed E-state index contributed by atoms with van der Waals surface area (Å²) < 4.78 is 7.24. The zero-order valence-corrected chi connectivity index (χ0v) is 22.7. The van der Waals surface area contributed by atoms with Gasteiger partial charge in [-0.3, -0.25) is 9.69 Å². The van der Waals surface area contributed by atoms with Gasteiger partial charge in [-0.2, -0.15) is 0 Å². The van der Waals surface area contributed by atoms with E-state index in [-0.39, 0.29) is 17.5 Å². The number of aromatic amines is 1. The number of benzene rings is 2. The summed E-state index contributed by atoms with van der Waals surface area (Å²) in [6.07, 6.45) is 0.836. The molecule has 5 aromatic rings. The Morgan fingerprint density at radius 3 is 2.63 bits per heavy atom. The van der Waals surface area contributed by atoms with Crippen molar-refractivity contribution >= 4 is 22.2 Å². The summed E-state index contributed by atoms with van der Waals surface area (Å²) in [6.45, 7) is 6.19. The van der Waals surface area contributed by atoms with E-state index in [1.165, 1.54) is 10.4 Å². The number of hydrogen-bond donors (Lipinski definition) is 1.